The van der Waals surface area contributed by atoms with E-state index in [2.05, 4.69) is 20.6 Å². The normalized spacial score (nSPS) is 15.7. The Morgan fingerprint density at radius 1 is 1.29 bits per heavy atom. The van der Waals surface area contributed by atoms with Gasteiger partial charge in [-0.05, 0) is 29.8 Å². The lowest BCUT2D eigenvalue weighted by Crippen LogP contribution is -2.29. The molecule has 0 radical (unpaired) electrons. The highest BCUT2D eigenvalue weighted by Gasteiger charge is 2.27. The SMILES string of the molecule is COc1ccc([C@@H]2Cn3nnc(C(=O)NCCc4ccccn4)c3CO2)cc1. The van der Waals surface area contributed by atoms with Gasteiger partial charge in [0.05, 0.1) is 26.0 Å². The van der Waals surface area contributed by atoms with Crippen molar-refractivity contribution in [3.8, 4) is 5.75 Å². The number of fused-ring (bicyclic) bond motifs is 1. The van der Waals surface area contributed by atoms with Gasteiger partial charge in [-0.25, -0.2) is 4.68 Å². The Morgan fingerprint density at radius 3 is 2.89 bits per heavy atom. The zero-order valence-electron chi connectivity index (χ0n) is 15.5. The van der Waals surface area contributed by atoms with Gasteiger partial charge in [-0.2, -0.15) is 0 Å². The molecule has 0 saturated heterocycles. The summed E-state index contributed by atoms with van der Waals surface area (Å²) in [5, 5.41) is 11.1. The number of hydrogen-bond acceptors (Lipinski definition) is 6. The fourth-order valence-corrected chi connectivity index (χ4v) is 3.14. The lowest BCUT2D eigenvalue weighted by Gasteiger charge is -2.24. The lowest BCUT2D eigenvalue weighted by atomic mass is 10.1. The van der Waals surface area contributed by atoms with Crippen LogP contribution in [0.3, 0.4) is 0 Å². The summed E-state index contributed by atoms with van der Waals surface area (Å²) in [5.74, 6) is 0.550. The Morgan fingerprint density at radius 2 is 2.14 bits per heavy atom. The Hall–Kier alpha value is -3.26. The summed E-state index contributed by atoms with van der Waals surface area (Å²) >= 11 is 0. The number of aromatic nitrogens is 4. The number of hydrogen-bond donors (Lipinski definition) is 1. The summed E-state index contributed by atoms with van der Waals surface area (Å²) in [4.78, 5) is 16.7. The van der Waals surface area contributed by atoms with Crippen LogP contribution in [0.1, 0.15) is 33.5 Å². The van der Waals surface area contributed by atoms with Crippen LogP contribution in [0.2, 0.25) is 0 Å². The zero-order valence-corrected chi connectivity index (χ0v) is 15.5. The van der Waals surface area contributed by atoms with E-state index in [4.69, 9.17) is 9.47 Å². The minimum Gasteiger partial charge on any atom is -0.497 e. The van der Waals surface area contributed by atoms with Crippen LogP contribution >= 0.6 is 0 Å². The summed E-state index contributed by atoms with van der Waals surface area (Å²) < 4.78 is 12.9. The summed E-state index contributed by atoms with van der Waals surface area (Å²) in [6.07, 6.45) is 2.26. The molecule has 1 N–H and O–H groups in total. The molecule has 2 aromatic heterocycles. The van der Waals surface area contributed by atoms with Gasteiger partial charge >= 0.3 is 0 Å². The lowest BCUT2D eigenvalue weighted by molar-refractivity contribution is -0.00179. The van der Waals surface area contributed by atoms with Crippen molar-refractivity contribution in [3.05, 3.63) is 71.3 Å². The average Bonchev–Trinajstić information content (AvgIpc) is 3.18. The first kappa shape index (κ1) is 18.1. The first-order chi connectivity index (χ1) is 13.7. The number of rotatable bonds is 6. The van der Waals surface area contributed by atoms with E-state index in [0.29, 0.717) is 30.9 Å². The molecule has 28 heavy (non-hydrogen) atoms. The number of benzene rings is 1. The number of amides is 1. The van der Waals surface area contributed by atoms with Gasteiger partial charge in [0.1, 0.15) is 11.9 Å². The van der Waals surface area contributed by atoms with Crippen molar-refractivity contribution in [1.82, 2.24) is 25.3 Å². The van der Waals surface area contributed by atoms with Gasteiger partial charge in [0.25, 0.3) is 5.91 Å². The number of carbonyl (C=O) groups excluding carboxylic acids is 1. The first-order valence-corrected chi connectivity index (χ1v) is 9.10. The second-order valence-electron chi connectivity index (χ2n) is 6.47. The molecule has 1 amide bonds. The molecule has 0 bridgehead atoms. The smallest absolute Gasteiger partial charge is 0.273 e. The molecule has 0 aliphatic carbocycles. The maximum Gasteiger partial charge on any atom is 0.273 e. The fourth-order valence-electron chi connectivity index (χ4n) is 3.14. The number of methoxy groups -OCH3 is 1. The Balaban J connectivity index is 1.38. The fraction of sp³-hybridized carbons (Fsp3) is 0.300. The van der Waals surface area contributed by atoms with Crippen molar-refractivity contribution in [1.29, 1.82) is 0 Å². The van der Waals surface area contributed by atoms with Crippen molar-refractivity contribution in [2.24, 2.45) is 0 Å². The third-order valence-corrected chi connectivity index (χ3v) is 4.69. The van der Waals surface area contributed by atoms with E-state index in [1.165, 1.54) is 0 Å². The first-order valence-electron chi connectivity index (χ1n) is 9.10. The molecule has 4 rings (SSSR count). The van der Waals surface area contributed by atoms with Crippen molar-refractivity contribution in [3.63, 3.8) is 0 Å². The summed E-state index contributed by atoms with van der Waals surface area (Å²) in [5.41, 5.74) is 2.97. The van der Waals surface area contributed by atoms with Crippen LogP contribution in [0.25, 0.3) is 0 Å². The predicted octanol–water partition coefficient (Wildman–Crippen LogP) is 1.93. The van der Waals surface area contributed by atoms with E-state index in [0.717, 1.165) is 17.0 Å². The van der Waals surface area contributed by atoms with Crippen LogP contribution in [0.5, 0.6) is 5.75 Å². The van der Waals surface area contributed by atoms with Crippen LogP contribution in [0, 0.1) is 0 Å². The number of nitrogens with one attached hydrogen (secondary N) is 1. The molecule has 3 aromatic rings. The molecule has 1 aliphatic heterocycles. The largest absolute Gasteiger partial charge is 0.497 e. The standard InChI is InChI=1S/C20H21N5O3/c1-27-16-7-5-14(6-8-16)18-12-25-17(13-28-18)19(23-24-25)20(26)22-11-9-15-4-2-3-10-21-15/h2-8,10,18H,9,11-13H2,1H3,(H,22,26)/t18-/m0/s1. The molecular weight excluding hydrogens is 358 g/mol. The summed E-state index contributed by atoms with van der Waals surface area (Å²) in [6, 6.07) is 13.5. The van der Waals surface area contributed by atoms with Gasteiger partial charge in [0, 0.05) is 24.9 Å². The second-order valence-corrected chi connectivity index (χ2v) is 6.47. The quantitative estimate of drug-likeness (QED) is 0.704. The van der Waals surface area contributed by atoms with Gasteiger partial charge in [-0.1, -0.05) is 23.4 Å². The van der Waals surface area contributed by atoms with Crippen molar-refractivity contribution in [2.45, 2.75) is 25.7 Å². The maximum atomic E-state index is 12.5. The van der Waals surface area contributed by atoms with Crippen LogP contribution in [-0.4, -0.2) is 39.5 Å². The number of pyridine rings is 1. The van der Waals surface area contributed by atoms with Crippen LogP contribution in [0.15, 0.2) is 48.7 Å². The number of ether oxygens (including phenoxy) is 2. The molecule has 1 atom stereocenters. The molecule has 8 heteroatoms. The van der Waals surface area contributed by atoms with Crippen molar-refractivity contribution < 1.29 is 14.3 Å². The summed E-state index contributed by atoms with van der Waals surface area (Å²) in [6.45, 7) is 1.28. The molecule has 1 aromatic carbocycles. The van der Waals surface area contributed by atoms with Gasteiger partial charge in [0.2, 0.25) is 0 Å². The van der Waals surface area contributed by atoms with E-state index >= 15 is 0 Å². The van der Waals surface area contributed by atoms with Crippen LogP contribution in [-0.2, 0) is 24.3 Å². The topological polar surface area (TPSA) is 91.2 Å². The van der Waals surface area contributed by atoms with Crippen LogP contribution in [0.4, 0.5) is 0 Å². The monoisotopic (exact) mass is 379 g/mol. The average molecular weight is 379 g/mol. The molecule has 0 saturated carbocycles. The van der Waals surface area contributed by atoms with E-state index in [1.807, 2.05) is 42.5 Å². The van der Waals surface area contributed by atoms with E-state index in [-0.39, 0.29) is 18.6 Å². The van der Waals surface area contributed by atoms with Crippen LogP contribution < -0.4 is 10.1 Å². The highest BCUT2D eigenvalue weighted by Crippen LogP contribution is 2.28. The maximum absolute atomic E-state index is 12.5. The van der Waals surface area contributed by atoms with Gasteiger partial charge < -0.3 is 14.8 Å². The molecule has 144 valence electrons. The van der Waals surface area contributed by atoms with E-state index in [1.54, 1.807) is 18.0 Å². The van der Waals surface area contributed by atoms with Crippen molar-refractivity contribution >= 4 is 5.91 Å². The predicted molar refractivity (Wildman–Crippen MR) is 101 cm³/mol. The minimum absolute atomic E-state index is 0.139. The highest BCUT2D eigenvalue weighted by atomic mass is 16.5. The molecule has 8 nitrogen and oxygen atoms in total. The molecule has 0 unspecified atom stereocenters. The van der Waals surface area contributed by atoms with E-state index < -0.39 is 0 Å². The van der Waals surface area contributed by atoms with Gasteiger partial charge in [-0.15, -0.1) is 5.10 Å². The minimum atomic E-state index is -0.247. The van der Waals surface area contributed by atoms with E-state index in [9.17, 15) is 4.79 Å². The third kappa shape index (κ3) is 3.86. The number of carbonyl (C=O) groups is 1. The van der Waals surface area contributed by atoms with Gasteiger partial charge in [-0.3, -0.25) is 9.78 Å². The highest BCUT2D eigenvalue weighted by molar-refractivity contribution is 5.93. The molecule has 0 spiro atoms. The molecule has 1 aliphatic rings. The zero-order chi connectivity index (χ0) is 19.3. The number of nitrogens with zero attached hydrogens (tertiary/aromatic N) is 4. The Bertz CT molecular complexity index is 940. The molecule has 0 fully saturated rings. The molecular formula is C20H21N5O3. The van der Waals surface area contributed by atoms with Gasteiger partial charge in [0.15, 0.2) is 5.69 Å². The Labute approximate surface area is 162 Å². The van der Waals surface area contributed by atoms with Crippen molar-refractivity contribution in [2.75, 3.05) is 13.7 Å². The Kier molecular flexibility index (Phi) is 5.29. The summed E-state index contributed by atoms with van der Waals surface area (Å²) in [7, 11) is 1.64. The third-order valence-electron chi connectivity index (χ3n) is 4.69. The molecule has 3 heterocycles. The second kappa shape index (κ2) is 8.18.